The first-order chi connectivity index (χ1) is 12.5. The fraction of sp³-hybridized carbons (Fsp3) is 0.200. The van der Waals surface area contributed by atoms with Gasteiger partial charge in [-0.2, -0.15) is 5.26 Å². The molecule has 0 saturated heterocycles. The van der Waals surface area contributed by atoms with Gasteiger partial charge in [0.05, 0.1) is 5.56 Å². The maximum atomic E-state index is 11.6. The van der Waals surface area contributed by atoms with E-state index in [1.807, 2.05) is 42.2 Å². The van der Waals surface area contributed by atoms with Crippen LogP contribution in [0.3, 0.4) is 0 Å². The summed E-state index contributed by atoms with van der Waals surface area (Å²) in [5.41, 5.74) is 2.87. The first kappa shape index (κ1) is 20.0. The van der Waals surface area contributed by atoms with Gasteiger partial charge >= 0.3 is 5.97 Å². The molecule has 1 aliphatic rings. The van der Waals surface area contributed by atoms with Gasteiger partial charge in [0.1, 0.15) is 11.8 Å². The second-order valence-electron chi connectivity index (χ2n) is 5.55. The van der Waals surface area contributed by atoms with Crippen LogP contribution in [-0.4, -0.2) is 28.2 Å². The van der Waals surface area contributed by atoms with E-state index in [0.717, 1.165) is 16.1 Å². The maximum Gasteiger partial charge on any atom is 0.353 e. The Morgan fingerprint density at radius 1 is 1.38 bits per heavy atom. The van der Waals surface area contributed by atoms with E-state index in [-0.39, 0.29) is 5.69 Å². The van der Waals surface area contributed by atoms with Gasteiger partial charge in [0.15, 0.2) is 0 Å². The number of carboxylic acid groups (broad SMARTS) is 1. The van der Waals surface area contributed by atoms with Crippen molar-refractivity contribution in [3.05, 3.63) is 75.4 Å². The molecule has 4 nitrogen and oxygen atoms in total. The topological polar surface area (TPSA) is 66.0 Å². The molecule has 0 aromatic carbocycles. The van der Waals surface area contributed by atoms with Gasteiger partial charge in [0, 0.05) is 23.7 Å². The smallest absolute Gasteiger partial charge is 0.353 e. The number of carboxylic acids is 1. The van der Waals surface area contributed by atoms with Crippen molar-refractivity contribution < 1.29 is 9.90 Å². The van der Waals surface area contributed by atoms with Gasteiger partial charge in [0.2, 0.25) is 0 Å². The van der Waals surface area contributed by atoms with Gasteiger partial charge in [-0.1, -0.05) is 24.3 Å². The second-order valence-corrected chi connectivity index (χ2v) is 7.17. The van der Waals surface area contributed by atoms with E-state index in [2.05, 4.69) is 18.2 Å². The summed E-state index contributed by atoms with van der Waals surface area (Å²) >= 11 is 3.31. The Morgan fingerprint density at radius 2 is 2.15 bits per heavy atom. The minimum atomic E-state index is -1.03. The number of nitrogens with zero attached hydrogens (tertiary/aromatic N) is 2. The Hall–Kier alpha value is -2.36. The first-order valence-electron chi connectivity index (χ1n) is 7.87. The van der Waals surface area contributed by atoms with Crippen LogP contribution in [0.5, 0.6) is 0 Å². The molecule has 134 valence electrons. The molecule has 1 aromatic heterocycles. The van der Waals surface area contributed by atoms with E-state index < -0.39 is 5.97 Å². The molecule has 1 N–H and O–H groups in total. The summed E-state index contributed by atoms with van der Waals surface area (Å²) in [5.74, 6) is -1.03. The number of aromatic nitrogens is 1. The number of rotatable bonds is 6. The molecule has 0 fully saturated rings. The van der Waals surface area contributed by atoms with Gasteiger partial charge < -0.3 is 9.67 Å². The molecule has 0 saturated carbocycles. The van der Waals surface area contributed by atoms with Crippen LogP contribution in [0.25, 0.3) is 5.57 Å². The third-order valence-electron chi connectivity index (χ3n) is 3.86. The Kier molecular flexibility index (Phi) is 7.19. The lowest BCUT2D eigenvalue weighted by Gasteiger charge is -2.05. The summed E-state index contributed by atoms with van der Waals surface area (Å²) in [6, 6.07) is 2.11. The van der Waals surface area contributed by atoms with Crippen LogP contribution >= 0.6 is 23.5 Å². The number of aryl methyl sites for hydroxylation is 1. The van der Waals surface area contributed by atoms with E-state index in [4.69, 9.17) is 0 Å². The molecular weight excluding hydrogens is 364 g/mol. The molecule has 0 bridgehead atoms. The molecule has 0 radical (unpaired) electrons. The third kappa shape index (κ3) is 4.63. The van der Waals surface area contributed by atoms with Crippen LogP contribution in [0.1, 0.15) is 28.0 Å². The SMILES string of the molecule is CS/C=C\C(=C\C1=CC=C(c2c(C#N)cn(C)c2C(=O)O)CC=C1)SC. The second kappa shape index (κ2) is 9.37. The van der Waals surface area contributed by atoms with Crippen LogP contribution in [0, 0.1) is 11.3 Å². The Morgan fingerprint density at radius 3 is 2.77 bits per heavy atom. The number of nitriles is 1. The highest BCUT2D eigenvalue weighted by Gasteiger charge is 2.22. The van der Waals surface area contributed by atoms with Crippen LogP contribution in [-0.2, 0) is 7.05 Å². The number of carbonyl (C=O) groups is 1. The maximum absolute atomic E-state index is 11.6. The lowest BCUT2D eigenvalue weighted by atomic mass is 9.99. The van der Waals surface area contributed by atoms with Gasteiger partial charge in [-0.3, -0.25) is 0 Å². The van der Waals surface area contributed by atoms with Crippen LogP contribution in [0.2, 0.25) is 0 Å². The van der Waals surface area contributed by atoms with Crippen molar-refractivity contribution in [1.29, 1.82) is 5.26 Å². The third-order valence-corrected chi connectivity index (χ3v) is 5.00. The Balaban J connectivity index is 2.48. The van der Waals surface area contributed by atoms with Crippen LogP contribution in [0.15, 0.2) is 58.5 Å². The normalized spacial score (nSPS) is 14.8. The Bertz CT molecular complexity index is 894. The predicted octanol–water partition coefficient (Wildman–Crippen LogP) is 4.99. The van der Waals surface area contributed by atoms with E-state index in [9.17, 15) is 15.2 Å². The molecule has 6 heteroatoms. The van der Waals surface area contributed by atoms with E-state index >= 15 is 0 Å². The number of allylic oxidation sites excluding steroid dienone is 8. The average Bonchev–Trinajstić information content (AvgIpc) is 2.80. The highest BCUT2D eigenvalue weighted by molar-refractivity contribution is 8.03. The first-order valence-corrected chi connectivity index (χ1v) is 10.4. The van der Waals surface area contributed by atoms with Crippen molar-refractivity contribution in [3.8, 4) is 6.07 Å². The largest absolute Gasteiger partial charge is 0.477 e. The number of thioether (sulfide) groups is 2. The lowest BCUT2D eigenvalue weighted by Crippen LogP contribution is -2.06. The van der Waals surface area contributed by atoms with Gasteiger partial charge in [-0.25, -0.2) is 4.79 Å². The van der Waals surface area contributed by atoms with Gasteiger partial charge in [-0.05, 0) is 47.6 Å². The van der Waals surface area contributed by atoms with Crippen LogP contribution < -0.4 is 0 Å². The molecule has 0 spiro atoms. The van der Waals surface area contributed by atoms with Crippen molar-refractivity contribution in [2.24, 2.45) is 7.05 Å². The molecule has 0 unspecified atom stereocenters. The molecule has 0 amide bonds. The van der Waals surface area contributed by atoms with Crippen molar-refractivity contribution in [1.82, 2.24) is 4.57 Å². The fourth-order valence-corrected chi connectivity index (χ4v) is 3.52. The lowest BCUT2D eigenvalue weighted by molar-refractivity contribution is 0.0686. The van der Waals surface area contributed by atoms with Crippen molar-refractivity contribution >= 4 is 35.1 Å². The van der Waals surface area contributed by atoms with Gasteiger partial charge in [-0.15, -0.1) is 23.5 Å². The summed E-state index contributed by atoms with van der Waals surface area (Å²) in [6.07, 6.45) is 18.2. The average molecular weight is 385 g/mol. The zero-order chi connectivity index (χ0) is 19.1. The number of hydrogen-bond acceptors (Lipinski definition) is 4. The summed E-state index contributed by atoms with van der Waals surface area (Å²) in [7, 11) is 1.65. The molecule has 1 aliphatic carbocycles. The zero-order valence-electron chi connectivity index (χ0n) is 14.9. The molecule has 0 aliphatic heterocycles. The zero-order valence-corrected chi connectivity index (χ0v) is 16.5. The highest BCUT2D eigenvalue weighted by atomic mass is 32.2. The van der Waals surface area contributed by atoms with Crippen LogP contribution in [0.4, 0.5) is 0 Å². The van der Waals surface area contributed by atoms with E-state index in [1.54, 1.807) is 36.8 Å². The highest BCUT2D eigenvalue weighted by Crippen LogP contribution is 2.30. The predicted molar refractivity (Wildman–Crippen MR) is 111 cm³/mol. The van der Waals surface area contributed by atoms with Gasteiger partial charge in [0.25, 0.3) is 0 Å². The molecule has 1 aromatic rings. The van der Waals surface area contributed by atoms with E-state index in [0.29, 0.717) is 17.5 Å². The molecule has 2 rings (SSSR count). The molecule has 1 heterocycles. The summed E-state index contributed by atoms with van der Waals surface area (Å²) in [4.78, 5) is 12.8. The fourth-order valence-electron chi connectivity index (χ4n) is 2.69. The molecular formula is C20H20N2O2S2. The minimum Gasteiger partial charge on any atom is -0.477 e. The van der Waals surface area contributed by atoms with E-state index in [1.165, 1.54) is 4.57 Å². The van der Waals surface area contributed by atoms with Crippen molar-refractivity contribution in [2.75, 3.05) is 12.5 Å². The standard InChI is InChI=1S/C20H20N2O2S2/c1-22-13-16(12-21)18(19(22)20(23)24)15-6-4-5-14(7-8-15)11-17(26-3)9-10-25-2/h4-5,7-11,13H,6H2,1-3H3,(H,23,24)/b10-9-,17-11-. The summed E-state index contributed by atoms with van der Waals surface area (Å²) in [6.45, 7) is 0. The van der Waals surface area contributed by atoms with Crippen molar-refractivity contribution in [3.63, 3.8) is 0 Å². The van der Waals surface area contributed by atoms with Crippen molar-refractivity contribution in [2.45, 2.75) is 6.42 Å². The number of hydrogen-bond donors (Lipinski definition) is 1. The summed E-state index contributed by atoms with van der Waals surface area (Å²) in [5, 5.41) is 20.9. The number of aromatic carboxylic acids is 1. The molecule has 0 atom stereocenters. The monoisotopic (exact) mass is 384 g/mol. The quantitative estimate of drug-likeness (QED) is 0.700. The molecule has 26 heavy (non-hydrogen) atoms. The summed E-state index contributed by atoms with van der Waals surface area (Å²) < 4.78 is 1.50. The minimum absolute atomic E-state index is 0.140. The Labute approximate surface area is 162 Å².